The number of nitro benzene ring substituents is 1. The van der Waals surface area contributed by atoms with Crippen LogP contribution in [0.2, 0.25) is 0 Å². The molecule has 0 amide bonds. The standard InChI is InChI=1S/C12H11NO2/c1-3-4-7-10(2)11-8-5-6-9-12(11)13(14)15/h3-9H,1-2H2/b7-4-. The van der Waals surface area contributed by atoms with Crippen molar-refractivity contribution in [1.29, 1.82) is 0 Å². The first-order valence-electron chi connectivity index (χ1n) is 4.38. The summed E-state index contributed by atoms with van der Waals surface area (Å²) in [5, 5.41) is 10.7. The zero-order chi connectivity index (χ0) is 11.3. The molecule has 0 atom stereocenters. The highest BCUT2D eigenvalue weighted by Gasteiger charge is 2.12. The third kappa shape index (κ3) is 2.64. The molecule has 0 unspecified atom stereocenters. The van der Waals surface area contributed by atoms with Crippen LogP contribution in [0.25, 0.3) is 5.57 Å². The summed E-state index contributed by atoms with van der Waals surface area (Å²) >= 11 is 0. The van der Waals surface area contributed by atoms with E-state index in [1.165, 1.54) is 6.07 Å². The van der Waals surface area contributed by atoms with Crippen LogP contribution in [0.3, 0.4) is 0 Å². The van der Waals surface area contributed by atoms with Gasteiger partial charge in [-0.2, -0.15) is 0 Å². The summed E-state index contributed by atoms with van der Waals surface area (Å²) in [6, 6.07) is 6.51. The van der Waals surface area contributed by atoms with E-state index in [0.29, 0.717) is 11.1 Å². The van der Waals surface area contributed by atoms with Gasteiger partial charge >= 0.3 is 0 Å². The second-order valence-electron chi connectivity index (χ2n) is 2.89. The number of allylic oxidation sites excluding steroid dienone is 4. The van der Waals surface area contributed by atoms with Crippen molar-refractivity contribution >= 4 is 11.3 Å². The molecule has 0 saturated carbocycles. The minimum Gasteiger partial charge on any atom is -0.258 e. The number of hydrogen-bond donors (Lipinski definition) is 0. The van der Waals surface area contributed by atoms with E-state index in [9.17, 15) is 10.1 Å². The van der Waals surface area contributed by atoms with E-state index in [0.717, 1.165) is 0 Å². The Balaban J connectivity index is 3.13. The molecule has 0 bridgehead atoms. The quantitative estimate of drug-likeness (QED) is 0.426. The van der Waals surface area contributed by atoms with E-state index >= 15 is 0 Å². The largest absolute Gasteiger partial charge is 0.277 e. The Kier molecular flexibility index (Phi) is 3.57. The summed E-state index contributed by atoms with van der Waals surface area (Å²) in [7, 11) is 0. The van der Waals surface area contributed by atoms with Crippen molar-refractivity contribution in [1.82, 2.24) is 0 Å². The average molecular weight is 201 g/mol. The van der Waals surface area contributed by atoms with Gasteiger partial charge in [0.2, 0.25) is 0 Å². The van der Waals surface area contributed by atoms with Gasteiger partial charge in [-0.1, -0.05) is 43.5 Å². The van der Waals surface area contributed by atoms with Crippen LogP contribution in [0.1, 0.15) is 5.56 Å². The van der Waals surface area contributed by atoms with Crippen molar-refractivity contribution in [3.8, 4) is 0 Å². The molecule has 0 saturated heterocycles. The van der Waals surface area contributed by atoms with Gasteiger partial charge in [0.05, 0.1) is 10.5 Å². The van der Waals surface area contributed by atoms with Crippen LogP contribution < -0.4 is 0 Å². The molecule has 0 N–H and O–H groups in total. The van der Waals surface area contributed by atoms with Gasteiger partial charge in [0.25, 0.3) is 5.69 Å². The van der Waals surface area contributed by atoms with Gasteiger partial charge in [-0.25, -0.2) is 0 Å². The second-order valence-corrected chi connectivity index (χ2v) is 2.89. The number of hydrogen-bond acceptors (Lipinski definition) is 2. The molecule has 0 aromatic heterocycles. The fourth-order valence-electron chi connectivity index (χ4n) is 1.18. The molecule has 0 aliphatic rings. The molecule has 1 aromatic carbocycles. The maximum atomic E-state index is 10.7. The molecule has 15 heavy (non-hydrogen) atoms. The third-order valence-electron chi connectivity index (χ3n) is 1.88. The Labute approximate surface area is 88.2 Å². The van der Waals surface area contributed by atoms with Crippen LogP contribution in [0, 0.1) is 10.1 Å². The molecular weight excluding hydrogens is 190 g/mol. The maximum absolute atomic E-state index is 10.7. The molecule has 0 heterocycles. The minimum absolute atomic E-state index is 0.0659. The van der Waals surface area contributed by atoms with Crippen LogP contribution in [0.5, 0.6) is 0 Å². The zero-order valence-corrected chi connectivity index (χ0v) is 8.22. The molecule has 76 valence electrons. The average Bonchev–Trinajstić information content (AvgIpc) is 2.25. The Morgan fingerprint density at radius 3 is 2.67 bits per heavy atom. The highest BCUT2D eigenvalue weighted by Crippen LogP contribution is 2.25. The number of nitrogens with zero attached hydrogens (tertiary/aromatic N) is 1. The third-order valence-corrected chi connectivity index (χ3v) is 1.88. The van der Waals surface area contributed by atoms with Crippen LogP contribution in [0.4, 0.5) is 5.69 Å². The molecule has 0 aliphatic carbocycles. The van der Waals surface area contributed by atoms with Crippen molar-refractivity contribution in [2.75, 3.05) is 0 Å². The number of benzene rings is 1. The molecule has 0 aliphatic heterocycles. The van der Waals surface area contributed by atoms with E-state index in [2.05, 4.69) is 13.2 Å². The fraction of sp³-hybridized carbons (Fsp3) is 0. The van der Waals surface area contributed by atoms with Crippen molar-refractivity contribution in [2.45, 2.75) is 0 Å². The summed E-state index contributed by atoms with van der Waals surface area (Å²) < 4.78 is 0. The van der Waals surface area contributed by atoms with Gasteiger partial charge < -0.3 is 0 Å². The normalized spacial score (nSPS) is 10.1. The number of nitro groups is 1. The van der Waals surface area contributed by atoms with Gasteiger partial charge in [-0.05, 0) is 11.6 Å². The van der Waals surface area contributed by atoms with Gasteiger partial charge in [-0.15, -0.1) is 0 Å². The van der Waals surface area contributed by atoms with Gasteiger partial charge in [-0.3, -0.25) is 10.1 Å². The van der Waals surface area contributed by atoms with E-state index in [-0.39, 0.29) is 5.69 Å². The molecule has 1 rings (SSSR count). The number of rotatable bonds is 4. The summed E-state index contributed by atoms with van der Waals surface area (Å²) in [5.41, 5.74) is 1.19. The van der Waals surface area contributed by atoms with Crippen molar-refractivity contribution in [2.24, 2.45) is 0 Å². The summed E-state index contributed by atoms with van der Waals surface area (Å²) in [4.78, 5) is 10.3. The van der Waals surface area contributed by atoms with Crippen molar-refractivity contribution < 1.29 is 4.92 Å². The SMILES string of the molecule is C=C/C=C\C(=C)c1ccccc1[N+](=O)[O-]. The fourth-order valence-corrected chi connectivity index (χ4v) is 1.18. The van der Waals surface area contributed by atoms with E-state index in [1.807, 2.05) is 0 Å². The van der Waals surface area contributed by atoms with Gasteiger partial charge in [0.1, 0.15) is 0 Å². The molecule has 0 fully saturated rings. The Morgan fingerprint density at radius 2 is 2.07 bits per heavy atom. The lowest BCUT2D eigenvalue weighted by molar-refractivity contribution is -0.385. The second kappa shape index (κ2) is 4.91. The Bertz CT molecular complexity index is 433. The smallest absolute Gasteiger partial charge is 0.258 e. The molecule has 3 nitrogen and oxygen atoms in total. The lowest BCUT2D eigenvalue weighted by atomic mass is 10.1. The maximum Gasteiger partial charge on any atom is 0.277 e. The summed E-state index contributed by atoms with van der Waals surface area (Å²) in [6.07, 6.45) is 4.98. The Morgan fingerprint density at radius 1 is 1.40 bits per heavy atom. The van der Waals surface area contributed by atoms with Crippen molar-refractivity contribution in [3.63, 3.8) is 0 Å². The minimum atomic E-state index is -0.414. The monoisotopic (exact) mass is 201 g/mol. The molecular formula is C12H11NO2. The molecule has 0 spiro atoms. The topological polar surface area (TPSA) is 43.1 Å². The van der Waals surface area contributed by atoms with Crippen molar-refractivity contribution in [3.05, 3.63) is 71.3 Å². The molecule has 3 heteroatoms. The first-order valence-corrected chi connectivity index (χ1v) is 4.38. The first kappa shape index (κ1) is 10.9. The van der Waals surface area contributed by atoms with E-state index in [1.54, 1.807) is 36.4 Å². The molecule has 0 radical (unpaired) electrons. The predicted molar refractivity (Wildman–Crippen MR) is 61.5 cm³/mol. The summed E-state index contributed by atoms with van der Waals surface area (Å²) in [5.74, 6) is 0. The van der Waals surface area contributed by atoms with E-state index < -0.39 is 4.92 Å². The van der Waals surface area contributed by atoms with Crippen LogP contribution >= 0.6 is 0 Å². The lowest BCUT2D eigenvalue weighted by Gasteiger charge is -2.01. The van der Waals surface area contributed by atoms with Gasteiger partial charge in [0.15, 0.2) is 0 Å². The highest BCUT2D eigenvalue weighted by atomic mass is 16.6. The summed E-state index contributed by atoms with van der Waals surface area (Å²) in [6.45, 7) is 7.29. The first-order chi connectivity index (χ1) is 7.16. The predicted octanol–water partition coefficient (Wildman–Crippen LogP) is 3.35. The van der Waals surface area contributed by atoms with Crippen LogP contribution in [-0.2, 0) is 0 Å². The Hall–Kier alpha value is -2.16. The lowest BCUT2D eigenvalue weighted by Crippen LogP contribution is -1.92. The van der Waals surface area contributed by atoms with E-state index in [4.69, 9.17) is 0 Å². The zero-order valence-electron chi connectivity index (χ0n) is 8.22. The van der Waals surface area contributed by atoms with Gasteiger partial charge in [0, 0.05) is 6.07 Å². The number of para-hydroxylation sites is 1. The highest BCUT2D eigenvalue weighted by molar-refractivity contribution is 5.77. The molecule has 1 aromatic rings. The van der Waals surface area contributed by atoms with Crippen LogP contribution in [-0.4, -0.2) is 4.92 Å². The van der Waals surface area contributed by atoms with Crippen LogP contribution in [0.15, 0.2) is 55.7 Å².